The van der Waals surface area contributed by atoms with E-state index in [9.17, 15) is 14.9 Å². The van der Waals surface area contributed by atoms with E-state index in [0.29, 0.717) is 10.7 Å². The molecule has 0 fully saturated rings. The molecule has 0 aromatic heterocycles. The number of nitro benzene ring substituents is 1. The van der Waals surface area contributed by atoms with Gasteiger partial charge in [-0.15, -0.1) is 0 Å². The Bertz CT molecular complexity index is 1610. The first-order valence-electron chi connectivity index (χ1n) is 12.5. The van der Waals surface area contributed by atoms with E-state index < -0.39 is 13.9 Å². The SMILES string of the molecule is CC(=O)C1=NN(c2ccccc2[N+](=O)[O-])[C@@]2(S1)SC(c1ccc(C)cc1)(c1ccc(C)cc1)c1ccccc12. The van der Waals surface area contributed by atoms with Crippen LogP contribution >= 0.6 is 23.5 Å². The van der Waals surface area contributed by atoms with E-state index in [0.717, 1.165) is 33.4 Å². The van der Waals surface area contributed by atoms with Crippen LogP contribution in [0.25, 0.3) is 0 Å². The minimum Gasteiger partial charge on any atom is -0.292 e. The van der Waals surface area contributed by atoms with Crippen molar-refractivity contribution in [2.45, 2.75) is 29.7 Å². The third-order valence-corrected chi connectivity index (χ3v) is 10.6. The molecule has 1 spiro atoms. The van der Waals surface area contributed by atoms with Crippen LogP contribution in [0, 0.1) is 24.0 Å². The number of Topliss-reactive ketones (excluding diaryl/α,β-unsaturated/α-hetero) is 1. The highest BCUT2D eigenvalue weighted by Crippen LogP contribution is 2.71. The van der Waals surface area contributed by atoms with Crippen LogP contribution in [0.3, 0.4) is 0 Å². The van der Waals surface area contributed by atoms with E-state index in [-0.39, 0.29) is 11.5 Å². The zero-order chi connectivity index (χ0) is 27.4. The number of rotatable bonds is 5. The Morgan fingerprint density at radius 3 is 1.92 bits per heavy atom. The lowest BCUT2D eigenvalue weighted by Crippen LogP contribution is -2.34. The van der Waals surface area contributed by atoms with Crippen molar-refractivity contribution in [1.29, 1.82) is 0 Å². The number of aryl methyl sites for hydroxylation is 2. The van der Waals surface area contributed by atoms with E-state index >= 15 is 0 Å². The molecule has 0 bridgehead atoms. The minimum atomic E-state index is -0.959. The number of carbonyl (C=O) groups is 1. The Kier molecular flexibility index (Phi) is 6.12. The van der Waals surface area contributed by atoms with Gasteiger partial charge >= 0.3 is 0 Å². The summed E-state index contributed by atoms with van der Waals surface area (Å²) in [4.78, 5) is 24.5. The summed E-state index contributed by atoms with van der Waals surface area (Å²) in [6.45, 7) is 5.62. The predicted octanol–water partition coefficient (Wildman–Crippen LogP) is 7.52. The van der Waals surface area contributed by atoms with Crippen molar-refractivity contribution < 1.29 is 9.72 Å². The van der Waals surface area contributed by atoms with E-state index in [1.165, 1.54) is 24.8 Å². The number of ketones is 1. The normalized spacial score (nSPS) is 19.2. The molecule has 8 heteroatoms. The fourth-order valence-electron chi connectivity index (χ4n) is 5.29. The lowest BCUT2D eigenvalue weighted by molar-refractivity contribution is -0.384. The van der Waals surface area contributed by atoms with Crippen molar-refractivity contribution in [3.63, 3.8) is 0 Å². The number of hydrogen-bond acceptors (Lipinski definition) is 7. The van der Waals surface area contributed by atoms with Gasteiger partial charge in [-0.2, -0.15) is 5.10 Å². The molecule has 6 rings (SSSR count). The predicted molar refractivity (Wildman–Crippen MR) is 159 cm³/mol. The zero-order valence-corrected chi connectivity index (χ0v) is 23.3. The van der Waals surface area contributed by atoms with Gasteiger partial charge in [0, 0.05) is 18.6 Å². The van der Waals surface area contributed by atoms with Gasteiger partial charge in [-0.05, 0) is 36.6 Å². The van der Waals surface area contributed by atoms with Gasteiger partial charge in [0.15, 0.2) is 15.0 Å². The second-order valence-electron chi connectivity index (χ2n) is 9.76. The Labute approximate surface area is 235 Å². The van der Waals surface area contributed by atoms with Gasteiger partial charge < -0.3 is 0 Å². The van der Waals surface area contributed by atoms with Gasteiger partial charge in [-0.25, -0.2) is 5.01 Å². The van der Waals surface area contributed by atoms with Crippen molar-refractivity contribution in [1.82, 2.24) is 0 Å². The Balaban J connectivity index is 1.67. The lowest BCUT2D eigenvalue weighted by atomic mass is 9.81. The van der Waals surface area contributed by atoms with Gasteiger partial charge in [-0.1, -0.05) is 120 Å². The van der Waals surface area contributed by atoms with E-state index in [1.54, 1.807) is 35.0 Å². The smallest absolute Gasteiger partial charge is 0.292 e. The van der Waals surface area contributed by atoms with Crippen LogP contribution in [-0.4, -0.2) is 15.8 Å². The topological polar surface area (TPSA) is 75.8 Å². The van der Waals surface area contributed by atoms with Gasteiger partial charge in [0.2, 0.25) is 0 Å². The Morgan fingerprint density at radius 1 is 0.821 bits per heavy atom. The molecule has 0 radical (unpaired) electrons. The lowest BCUT2D eigenvalue weighted by Gasteiger charge is -2.37. The summed E-state index contributed by atoms with van der Waals surface area (Å²) >= 11 is 3.02. The fourth-order valence-corrected chi connectivity index (χ4v) is 8.84. The molecule has 0 saturated heterocycles. The molecule has 0 unspecified atom stereocenters. The number of hydrazone groups is 1. The van der Waals surface area contributed by atoms with Crippen LogP contribution in [-0.2, 0) is 13.7 Å². The number of carbonyl (C=O) groups excluding carboxylic acids is 1. The molecule has 1 atom stereocenters. The first-order chi connectivity index (χ1) is 18.8. The summed E-state index contributed by atoms with van der Waals surface area (Å²) in [5.74, 6) is -0.179. The third kappa shape index (κ3) is 3.89. The highest BCUT2D eigenvalue weighted by molar-refractivity contribution is 8.27. The molecule has 6 nitrogen and oxygen atoms in total. The number of thioether (sulfide) groups is 2. The molecule has 194 valence electrons. The van der Waals surface area contributed by atoms with Crippen molar-refractivity contribution >= 4 is 45.7 Å². The third-order valence-electron chi connectivity index (χ3n) is 7.17. The van der Waals surface area contributed by atoms with Crippen molar-refractivity contribution in [3.8, 4) is 0 Å². The van der Waals surface area contributed by atoms with E-state index in [4.69, 9.17) is 5.10 Å². The maximum absolute atomic E-state index is 12.7. The number of benzene rings is 4. The Hall–Kier alpha value is -3.88. The Morgan fingerprint density at radius 2 is 1.36 bits per heavy atom. The molecule has 4 aromatic rings. The highest BCUT2D eigenvalue weighted by Gasteiger charge is 2.62. The van der Waals surface area contributed by atoms with E-state index in [1.807, 2.05) is 12.1 Å². The molecule has 2 aliphatic rings. The largest absolute Gasteiger partial charge is 0.294 e. The number of hydrogen-bond donors (Lipinski definition) is 0. The number of fused-ring (bicyclic) bond motifs is 2. The summed E-state index contributed by atoms with van der Waals surface area (Å²) in [5, 5.41) is 18.9. The fraction of sp³-hybridized carbons (Fsp3) is 0.161. The first kappa shape index (κ1) is 25.4. The van der Waals surface area contributed by atoms with Gasteiger partial charge in [0.25, 0.3) is 5.69 Å². The quantitative estimate of drug-likeness (QED) is 0.189. The van der Waals surface area contributed by atoms with Gasteiger partial charge in [-0.3, -0.25) is 14.9 Å². The summed E-state index contributed by atoms with van der Waals surface area (Å²) < 4.78 is -1.62. The molecule has 0 saturated carbocycles. The molecule has 0 N–H and O–H groups in total. The molecule has 4 aromatic carbocycles. The van der Waals surface area contributed by atoms with Gasteiger partial charge in [0.1, 0.15) is 5.69 Å². The van der Waals surface area contributed by atoms with Gasteiger partial charge in [0.05, 0.1) is 9.67 Å². The average Bonchev–Trinajstić information content (AvgIpc) is 3.47. The van der Waals surface area contributed by atoms with Crippen LogP contribution in [0.4, 0.5) is 11.4 Å². The standard InChI is InChI=1S/C31H25N3O3S2/c1-20-12-16-23(17-13-20)30(24-18-14-21(2)15-19-24)25-8-4-5-9-26(25)31(39-30)33(32-29(38-31)22(3)35)27-10-6-7-11-28(27)34(36)37/h4-19H,1-3H3/t31-/m0/s1. The molecule has 0 amide bonds. The van der Waals surface area contributed by atoms with Crippen LogP contribution in [0.2, 0.25) is 0 Å². The number of anilines is 1. The van der Waals surface area contributed by atoms with Crippen LogP contribution in [0.5, 0.6) is 0 Å². The zero-order valence-electron chi connectivity index (χ0n) is 21.6. The first-order valence-corrected chi connectivity index (χ1v) is 14.2. The molecular formula is C31H25N3O3S2. The molecule has 39 heavy (non-hydrogen) atoms. The number of nitrogens with zero attached hydrogens (tertiary/aromatic N) is 3. The van der Waals surface area contributed by atoms with Crippen molar-refractivity contribution in [2.75, 3.05) is 5.01 Å². The number of nitro groups is 1. The summed E-state index contributed by atoms with van der Waals surface area (Å²) in [7, 11) is 0. The maximum atomic E-state index is 12.7. The maximum Gasteiger partial charge on any atom is 0.294 e. The molecule has 2 heterocycles. The molecular weight excluding hydrogens is 526 g/mol. The van der Waals surface area contributed by atoms with Crippen LogP contribution in [0.15, 0.2) is 102 Å². The molecule has 2 aliphatic heterocycles. The highest BCUT2D eigenvalue weighted by atomic mass is 32.2. The van der Waals surface area contributed by atoms with E-state index in [2.05, 4.69) is 74.5 Å². The summed E-state index contributed by atoms with van der Waals surface area (Å²) in [6, 6.07) is 31.8. The minimum absolute atomic E-state index is 0.0627. The number of para-hydroxylation sites is 2. The van der Waals surface area contributed by atoms with Crippen molar-refractivity contribution in [3.05, 3.63) is 141 Å². The average molecular weight is 552 g/mol. The monoisotopic (exact) mass is 551 g/mol. The molecule has 0 aliphatic carbocycles. The summed E-state index contributed by atoms with van der Waals surface area (Å²) in [6.07, 6.45) is 0. The van der Waals surface area contributed by atoms with Crippen molar-refractivity contribution in [2.24, 2.45) is 5.10 Å². The summed E-state index contributed by atoms with van der Waals surface area (Å²) in [5.41, 5.74) is 6.80. The van der Waals surface area contributed by atoms with Crippen LogP contribution in [0.1, 0.15) is 40.3 Å². The van der Waals surface area contributed by atoms with Crippen LogP contribution < -0.4 is 5.01 Å². The second-order valence-corrected chi connectivity index (χ2v) is 12.6. The second kappa shape index (κ2) is 9.39.